The first-order chi connectivity index (χ1) is 8.80. The van der Waals surface area contributed by atoms with Gasteiger partial charge in [-0.2, -0.15) is 4.37 Å². The smallest absolute Gasteiger partial charge is 0.258 e. The maximum atomic E-state index is 12.2. The molecule has 1 aliphatic rings. The lowest BCUT2D eigenvalue weighted by Crippen LogP contribution is -2.32. The van der Waals surface area contributed by atoms with Crippen molar-refractivity contribution in [2.75, 3.05) is 23.7 Å². The second-order valence-electron chi connectivity index (χ2n) is 6.21. The monoisotopic (exact) mass is 282 g/mol. The summed E-state index contributed by atoms with van der Waals surface area (Å²) in [7, 11) is 0. The molecular weight excluding hydrogens is 260 g/mol. The summed E-state index contributed by atoms with van der Waals surface area (Å²) in [6.07, 6.45) is 1.12. The molecule has 2 heterocycles. The molecule has 5 nitrogen and oxygen atoms in total. The molecule has 1 aromatic rings. The number of aromatic nitrogens is 1. The van der Waals surface area contributed by atoms with E-state index in [0.717, 1.165) is 24.5 Å². The molecule has 6 heteroatoms. The Hall–Kier alpha value is -1.30. The third-order valence-corrected chi connectivity index (χ3v) is 4.24. The summed E-state index contributed by atoms with van der Waals surface area (Å²) < 4.78 is 4.15. The van der Waals surface area contributed by atoms with E-state index in [-0.39, 0.29) is 17.4 Å². The number of nitrogens with one attached hydrogen (secondary N) is 1. The molecule has 0 atom stereocenters. The van der Waals surface area contributed by atoms with Crippen molar-refractivity contribution < 1.29 is 4.79 Å². The van der Waals surface area contributed by atoms with E-state index < -0.39 is 0 Å². The number of amides is 1. The number of nitrogens with zero attached hydrogens (tertiary/aromatic N) is 2. The number of nitrogen functional groups attached to an aromatic ring is 1. The van der Waals surface area contributed by atoms with Gasteiger partial charge in [-0.1, -0.05) is 13.8 Å². The number of carbonyl (C=O) groups excluding carboxylic acids is 1. The Bertz CT molecular complexity index is 481. The summed E-state index contributed by atoms with van der Waals surface area (Å²) in [4.78, 5) is 14.5. The number of hydrogen-bond acceptors (Lipinski definition) is 5. The third-order valence-electron chi connectivity index (χ3n) is 3.31. The maximum Gasteiger partial charge on any atom is 0.258 e. The van der Waals surface area contributed by atoms with Crippen LogP contribution in [0, 0.1) is 5.41 Å². The highest BCUT2D eigenvalue weighted by Gasteiger charge is 2.33. The van der Waals surface area contributed by atoms with Crippen molar-refractivity contribution in [1.29, 1.82) is 0 Å². The summed E-state index contributed by atoms with van der Waals surface area (Å²) in [6, 6.07) is 0.0923. The topological polar surface area (TPSA) is 71.2 Å². The van der Waals surface area contributed by atoms with E-state index in [2.05, 4.69) is 28.4 Å². The van der Waals surface area contributed by atoms with Crippen LogP contribution in [0.1, 0.15) is 44.5 Å². The molecule has 0 bridgehead atoms. The van der Waals surface area contributed by atoms with Gasteiger partial charge in [0.15, 0.2) is 5.82 Å². The van der Waals surface area contributed by atoms with Crippen molar-refractivity contribution in [2.45, 2.75) is 40.2 Å². The van der Waals surface area contributed by atoms with Crippen LogP contribution in [0.5, 0.6) is 0 Å². The van der Waals surface area contributed by atoms with Crippen LogP contribution in [0.15, 0.2) is 0 Å². The van der Waals surface area contributed by atoms with E-state index >= 15 is 0 Å². The van der Waals surface area contributed by atoms with E-state index in [1.165, 1.54) is 11.5 Å². The average molecular weight is 282 g/mol. The summed E-state index contributed by atoms with van der Waals surface area (Å²) in [5.41, 5.74) is 6.69. The van der Waals surface area contributed by atoms with Gasteiger partial charge in [0, 0.05) is 19.1 Å². The Morgan fingerprint density at radius 3 is 2.74 bits per heavy atom. The van der Waals surface area contributed by atoms with Crippen molar-refractivity contribution in [3.05, 3.63) is 5.56 Å². The Kier molecular flexibility index (Phi) is 3.71. The molecule has 1 fully saturated rings. The fraction of sp³-hybridized carbons (Fsp3) is 0.692. The lowest BCUT2D eigenvalue weighted by molar-refractivity contribution is 0.0944. The molecule has 0 spiro atoms. The van der Waals surface area contributed by atoms with E-state index in [1.54, 1.807) is 0 Å². The quantitative estimate of drug-likeness (QED) is 0.890. The number of anilines is 2. The highest BCUT2D eigenvalue weighted by molar-refractivity contribution is 7.11. The molecule has 2 rings (SSSR count). The summed E-state index contributed by atoms with van der Waals surface area (Å²) >= 11 is 1.32. The van der Waals surface area contributed by atoms with E-state index in [9.17, 15) is 4.79 Å². The Morgan fingerprint density at radius 1 is 1.53 bits per heavy atom. The molecule has 1 aromatic heterocycles. The van der Waals surface area contributed by atoms with Gasteiger partial charge in [0.1, 0.15) is 10.6 Å². The van der Waals surface area contributed by atoms with Crippen LogP contribution in [0.3, 0.4) is 0 Å². The number of rotatable bonds is 3. The lowest BCUT2D eigenvalue weighted by Gasteiger charge is -2.21. The van der Waals surface area contributed by atoms with Gasteiger partial charge in [-0.05, 0) is 37.2 Å². The number of hydrogen-bond donors (Lipinski definition) is 2. The minimum Gasteiger partial charge on any atom is -0.382 e. The van der Waals surface area contributed by atoms with Gasteiger partial charge in [-0.3, -0.25) is 4.79 Å². The highest BCUT2D eigenvalue weighted by atomic mass is 32.1. The van der Waals surface area contributed by atoms with Crippen molar-refractivity contribution >= 4 is 28.3 Å². The molecule has 0 radical (unpaired) electrons. The van der Waals surface area contributed by atoms with Gasteiger partial charge in [0.25, 0.3) is 5.91 Å². The molecular formula is C13H22N4OS. The summed E-state index contributed by atoms with van der Waals surface area (Å²) in [5.74, 6) is 0.212. The van der Waals surface area contributed by atoms with Gasteiger partial charge < -0.3 is 16.0 Å². The van der Waals surface area contributed by atoms with Crippen LogP contribution in [-0.2, 0) is 0 Å². The molecule has 19 heavy (non-hydrogen) atoms. The van der Waals surface area contributed by atoms with Crippen LogP contribution in [0.2, 0.25) is 0 Å². The van der Waals surface area contributed by atoms with Crippen LogP contribution >= 0.6 is 11.5 Å². The first kappa shape index (κ1) is 14.1. The van der Waals surface area contributed by atoms with Gasteiger partial charge in [-0.25, -0.2) is 0 Å². The molecule has 0 saturated carbocycles. The summed E-state index contributed by atoms with van der Waals surface area (Å²) in [6.45, 7) is 10.3. The molecule has 1 saturated heterocycles. The van der Waals surface area contributed by atoms with Crippen molar-refractivity contribution in [1.82, 2.24) is 9.69 Å². The van der Waals surface area contributed by atoms with Crippen molar-refractivity contribution in [3.63, 3.8) is 0 Å². The summed E-state index contributed by atoms with van der Waals surface area (Å²) in [5, 5.41) is 3.80. The number of carbonyl (C=O) groups is 1. The predicted molar refractivity (Wildman–Crippen MR) is 79.7 cm³/mol. The van der Waals surface area contributed by atoms with Gasteiger partial charge in [0.05, 0.1) is 0 Å². The normalized spacial score (nSPS) is 18.1. The Labute approximate surface area is 118 Å². The van der Waals surface area contributed by atoms with Crippen LogP contribution in [0.25, 0.3) is 0 Å². The van der Waals surface area contributed by atoms with Crippen molar-refractivity contribution in [3.8, 4) is 0 Å². The SMILES string of the molecule is CC(C)NC(=O)c1c(N)nsc1N1CCC(C)(C)C1. The van der Waals surface area contributed by atoms with Crippen LogP contribution in [-0.4, -0.2) is 29.4 Å². The minimum atomic E-state index is -0.124. The van der Waals surface area contributed by atoms with Crippen molar-refractivity contribution in [2.24, 2.45) is 5.41 Å². The zero-order chi connectivity index (χ0) is 14.2. The number of nitrogens with two attached hydrogens (primary N) is 1. The minimum absolute atomic E-state index is 0.0923. The zero-order valence-electron chi connectivity index (χ0n) is 12.0. The second kappa shape index (κ2) is 5.00. The second-order valence-corrected chi connectivity index (χ2v) is 6.96. The Morgan fingerprint density at radius 2 is 2.21 bits per heavy atom. The van der Waals surface area contributed by atoms with Crippen LogP contribution in [0.4, 0.5) is 10.8 Å². The van der Waals surface area contributed by atoms with Gasteiger partial charge in [0.2, 0.25) is 0 Å². The third kappa shape index (κ3) is 3.00. The van der Waals surface area contributed by atoms with E-state index in [0.29, 0.717) is 11.4 Å². The zero-order valence-corrected chi connectivity index (χ0v) is 12.8. The van der Waals surface area contributed by atoms with Gasteiger partial charge >= 0.3 is 0 Å². The molecule has 0 aliphatic carbocycles. The maximum absolute atomic E-state index is 12.2. The standard InChI is InChI=1S/C13H22N4OS/c1-8(2)15-11(18)9-10(14)16-19-12(9)17-6-5-13(3,4)7-17/h8H,5-7H2,1-4H3,(H2,14,16)(H,15,18). The fourth-order valence-corrected chi connectivity index (χ4v) is 3.18. The van der Waals surface area contributed by atoms with Gasteiger partial charge in [-0.15, -0.1) is 0 Å². The average Bonchev–Trinajstić information content (AvgIpc) is 2.80. The van der Waals surface area contributed by atoms with Crippen LogP contribution < -0.4 is 16.0 Å². The lowest BCUT2D eigenvalue weighted by atomic mass is 9.93. The highest BCUT2D eigenvalue weighted by Crippen LogP contribution is 2.38. The largest absolute Gasteiger partial charge is 0.382 e. The Balaban J connectivity index is 2.25. The molecule has 3 N–H and O–H groups in total. The first-order valence-electron chi connectivity index (χ1n) is 6.61. The predicted octanol–water partition coefficient (Wildman–Crippen LogP) is 2.10. The molecule has 0 unspecified atom stereocenters. The van der Waals surface area contributed by atoms with E-state index in [1.807, 2.05) is 13.8 Å². The fourth-order valence-electron chi connectivity index (χ4n) is 2.34. The first-order valence-corrected chi connectivity index (χ1v) is 7.38. The van der Waals surface area contributed by atoms with E-state index in [4.69, 9.17) is 5.73 Å². The molecule has 1 aliphatic heterocycles. The molecule has 1 amide bonds. The molecule has 0 aromatic carbocycles. The molecule has 106 valence electrons.